The van der Waals surface area contributed by atoms with Gasteiger partial charge in [-0.25, -0.2) is 0 Å². The van der Waals surface area contributed by atoms with Crippen LogP contribution in [0.1, 0.15) is 39.4 Å². The van der Waals surface area contributed by atoms with Crippen LogP contribution in [-0.4, -0.2) is 17.0 Å². The number of aliphatic carboxylic acids is 1. The first-order valence-corrected chi connectivity index (χ1v) is 6.93. The number of anilines is 1. The lowest BCUT2D eigenvalue weighted by Gasteiger charge is -2.27. The number of nitrogens with one attached hydrogen (secondary N) is 1. The number of carboxylic acids is 1. The molecule has 0 saturated carbocycles. The van der Waals surface area contributed by atoms with Crippen LogP contribution in [0, 0.1) is 11.8 Å². The number of aromatic nitrogens is 1. The average Bonchev–Trinajstić information content (AvgIpc) is 2.87. The van der Waals surface area contributed by atoms with E-state index in [1.807, 2.05) is 26.8 Å². The van der Waals surface area contributed by atoms with Gasteiger partial charge in [0.2, 0.25) is 5.91 Å². The van der Waals surface area contributed by atoms with Gasteiger partial charge in [0.1, 0.15) is 5.76 Å². The highest BCUT2D eigenvalue weighted by atomic mass is 16.5. The predicted octanol–water partition coefficient (Wildman–Crippen LogP) is 1.24. The first kappa shape index (κ1) is 15.3. The van der Waals surface area contributed by atoms with Gasteiger partial charge in [-0.15, -0.1) is 0 Å². The zero-order valence-corrected chi connectivity index (χ0v) is 12.4. The van der Waals surface area contributed by atoms with Crippen LogP contribution < -0.4 is 10.4 Å². The summed E-state index contributed by atoms with van der Waals surface area (Å²) in [5, 5.41) is 17.5. The topological polar surface area (TPSA) is 95.3 Å². The Balaban J connectivity index is 2.08. The van der Waals surface area contributed by atoms with Crippen molar-refractivity contribution in [2.45, 2.75) is 39.0 Å². The smallest absolute Gasteiger partial charge is 0.229 e. The third-order valence-corrected chi connectivity index (χ3v) is 3.57. The second-order valence-electron chi connectivity index (χ2n) is 6.29. The molecule has 1 heterocycles. The number of carboxylic acid groups (broad SMARTS) is 1. The summed E-state index contributed by atoms with van der Waals surface area (Å²) in [5.41, 5.74) is -0.211. The number of rotatable bonds is 3. The second-order valence-corrected chi connectivity index (χ2v) is 6.29. The summed E-state index contributed by atoms with van der Waals surface area (Å²) in [6, 6.07) is 1.66. The Morgan fingerprint density at radius 3 is 2.43 bits per heavy atom. The number of amides is 1. The molecule has 0 unspecified atom stereocenters. The van der Waals surface area contributed by atoms with Crippen molar-refractivity contribution in [3.8, 4) is 0 Å². The Hall–Kier alpha value is -2.11. The van der Waals surface area contributed by atoms with Gasteiger partial charge in [-0.05, 0) is 12.8 Å². The molecule has 1 amide bonds. The molecule has 1 aromatic rings. The van der Waals surface area contributed by atoms with E-state index in [4.69, 9.17) is 4.52 Å². The highest BCUT2D eigenvalue weighted by Gasteiger charge is 2.30. The fraction of sp³-hybridized carbons (Fsp3) is 0.533. The van der Waals surface area contributed by atoms with Gasteiger partial charge in [-0.1, -0.05) is 38.1 Å². The van der Waals surface area contributed by atoms with Crippen LogP contribution in [0.25, 0.3) is 0 Å². The van der Waals surface area contributed by atoms with Crippen molar-refractivity contribution in [3.63, 3.8) is 0 Å². The van der Waals surface area contributed by atoms with E-state index in [2.05, 4.69) is 10.5 Å². The van der Waals surface area contributed by atoms with Crippen LogP contribution >= 0.6 is 0 Å². The van der Waals surface area contributed by atoms with Crippen LogP contribution in [-0.2, 0) is 15.0 Å². The van der Waals surface area contributed by atoms with Crippen molar-refractivity contribution in [2.75, 3.05) is 5.32 Å². The second kappa shape index (κ2) is 5.71. The van der Waals surface area contributed by atoms with E-state index in [9.17, 15) is 14.7 Å². The van der Waals surface area contributed by atoms with Crippen LogP contribution in [0.2, 0.25) is 0 Å². The number of nitrogens with zero attached hydrogens (tertiary/aromatic N) is 1. The van der Waals surface area contributed by atoms with Gasteiger partial charge in [-0.2, -0.15) is 0 Å². The molecule has 114 valence electrons. The molecule has 1 aliphatic carbocycles. The maximum absolute atomic E-state index is 12.2. The summed E-state index contributed by atoms with van der Waals surface area (Å²) in [7, 11) is 0. The Morgan fingerprint density at radius 1 is 1.29 bits per heavy atom. The minimum absolute atomic E-state index is 0.211. The number of hydrogen-bond donors (Lipinski definition) is 1. The lowest BCUT2D eigenvalue weighted by Crippen LogP contribution is -2.41. The molecule has 2 rings (SSSR count). The minimum Gasteiger partial charge on any atom is -0.550 e. The van der Waals surface area contributed by atoms with Crippen LogP contribution in [0.3, 0.4) is 0 Å². The fourth-order valence-electron chi connectivity index (χ4n) is 2.27. The summed E-state index contributed by atoms with van der Waals surface area (Å²) in [5.74, 6) is -2.06. The molecule has 0 fully saturated rings. The molecular formula is C15H19N2O4-. The van der Waals surface area contributed by atoms with Gasteiger partial charge in [0.05, 0.1) is 5.92 Å². The largest absolute Gasteiger partial charge is 0.550 e. The molecule has 6 nitrogen and oxygen atoms in total. The van der Waals surface area contributed by atoms with Gasteiger partial charge in [0.25, 0.3) is 0 Å². The minimum atomic E-state index is -1.20. The SMILES string of the molecule is CC(C)(C)c1cc(NC(=O)[C@H]2CC=CC[C@H]2C(=O)[O-])no1. The van der Waals surface area contributed by atoms with E-state index >= 15 is 0 Å². The summed E-state index contributed by atoms with van der Waals surface area (Å²) in [4.78, 5) is 23.3. The first-order valence-electron chi connectivity index (χ1n) is 6.93. The fourth-order valence-corrected chi connectivity index (χ4v) is 2.27. The molecule has 0 spiro atoms. The molecular weight excluding hydrogens is 272 g/mol. The van der Waals surface area contributed by atoms with E-state index in [0.717, 1.165) is 0 Å². The van der Waals surface area contributed by atoms with Crippen molar-refractivity contribution < 1.29 is 19.2 Å². The van der Waals surface area contributed by atoms with Gasteiger partial charge in [0.15, 0.2) is 5.82 Å². The highest BCUT2D eigenvalue weighted by molar-refractivity contribution is 5.94. The number of carbonyl (C=O) groups is 2. The predicted molar refractivity (Wildman–Crippen MR) is 74.2 cm³/mol. The van der Waals surface area contributed by atoms with Gasteiger partial charge in [0, 0.05) is 23.4 Å². The Bertz CT molecular complexity index is 568. The van der Waals surface area contributed by atoms with Crippen LogP contribution in [0.5, 0.6) is 0 Å². The van der Waals surface area contributed by atoms with E-state index in [0.29, 0.717) is 24.4 Å². The van der Waals surface area contributed by atoms with Gasteiger partial charge < -0.3 is 19.7 Å². The molecule has 0 aromatic carbocycles. The molecule has 1 N–H and O–H groups in total. The summed E-state index contributed by atoms with van der Waals surface area (Å²) < 4.78 is 5.18. The highest BCUT2D eigenvalue weighted by Crippen LogP contribution is 2.28. The van der Waals surface area contributed by atoms with Crippen LogP contribution in [0.15, 0.2) is 22.7 Å². The number of carbonyl (C=O) groups excluding carboxylic acids is 2. The van der Waals surface area contributed by atoms with E-state index in [-0.39, 0.29) is 11.3 Å². The lowest BCUT2D eigenvalue weighted by molar-refractivity contribution is -0.313. The molecule has 1 aromatic heterocycles. The van der Waals surface area contributed by atoms with E-state index < -0.39 is 17.8 Å². The van der Waals surface area contributed by atoms with E-state index in [1.165, 1.54) is 0 Å². The maximum atomic E-state index is 12.2. The van der Waals surface area contributed by atoms with Crippen molar-refractivity contribution in [1.29, 1.82) is 0 Å². The Kier molecular flexibility index (Phi) is 4.16. The normalized spacial score (nSPS) is 22.0. The number of hydrogen-bond acceptors (Lipinski definition) is 5. The third kappa shape index (κ3) is 3.51. The van der Waals surface area contributed by atoms with Crippen LogP contribution in [0.4, 0.5) is 5.82 Å². The standard InChI is InChI=1S/C15H20N2O4/c1-15(2,3)11-8-12(17-21-11)16-13(18)9-6-4-5-7-10(9)14(19)20/h4-5,8-10H,6-7H2,1-3H3,(H,19,20)(H,16,17,18)/p-1/t9-,10+/m0/s1. The zero-order valence-electron chi connectivity index (χ0n) is 12.4. The first-order chi connectivity index (χ1) is 9.79. The summed E-state index contributed by atoms with van der Waals surface area (Å²) in [6.45, 7) is 5.91. The monoisotopic (exact) mass is 291 g/mol. The molecule has 6 heteroatoms. The van der Waals surface area contributed by atoms with Gasteiger partial charge >= 0.3 is 0 Å². The van der Waals surface area contributed by atoms with Crippen molar-refractivity contribution in [1.82, 2.24) is 5.16 Å². The molecule has 0 radical (unpaired) electrons. The molecule has 1 aliphatic rings. The molecule has 0 bridgehead atoms. The molecule has 0 aliphatic heterocycles. The molecule has 2 atom stereocenters. The quantitative estimate of drug-likeness (QED) is 0.845. The maximum Gasteiger partial charge on any atom is 0.229 e. The average molecular weight is 291 g/mol. The van der Waals surface area contributed by atoms with Gasteiger partial charge in [-0.3, -0.25) is 4.79 Å². The molecule has 21 heavy (non-hydrogen) atoms. The van der Waals surface area contributed by atoms with Crippen molar-refractivity contribution in [3.05, 3.63) is 24.0 Å². The number of allylic oxidation sites excluding steroid dienone is 2. The lowest BCUT2D eigenvalue weighted by atomic mass is 9.82. The van der Waals surface area contributed by atoms with E-state index in [1.54, 1.807) is 12.1 Å². The molecule has 0 saturated heterocycles. The summed E-state index contributed by atoms with van der Waals surface area (Å²) in [6.07, 6.45) is 4.27. The van der Waals surface area contributed by atoms with Crippen molar-refractivity contribution in [2.24, 2.45) is 11.8 Å². The zero-order chi connectivity index (χ0) is 15.6. The van der Waals surface area contributed by atoms with Crippen molar-refractivity contribution >= 4 is 17.7 Å². The summed E-state index contributed by atoms with van der Waals surface area (Å²) >= 11 is 0. The third-order valence-electron chi connectivity index (χ3n) is 3.57. The Labute approximate surface area is 123 Å². The Morgan fingerprint density at radius 2 is 1.90 bits per heavy atom.